The fraction of sp³-hybridized carbons (Fsp3) is 0.250. The Bertz CT molecular complexity index is 930. The Balaban J connectivity index is 1.49. The molecule has 1 atom stereocenters. The number of para-hydroxylation sites is 1. The van der Waals surface area contributed by atoms with Crippen molar-refractivity contribution in [2.75, 3.05) is 29.9 Å². The summed E-state index contributed by atoms with van der Waals surface area (Å²) in [5, 5.41) is 15.5. The average Bonchev–Trinajstić information content (AvgIpc) is 3.15. The van der Waals surface area contributed by atoms with Crippen LogP contribution in [0.15, 0.2) is 60.8 Å². The Morgan fingerprint density at radius 1 is 1.15 bits per heavy atom. The normalized spacial score (nSPS) is 16.8. The number of rotatable bonds is 5. The number of benzene rings is 2. The number of nitro benzene ring substituents is 1. The fourth-order valence-electron chi connectivity index (χ4n) is 3.60. The van der Waals surface area contributed by atoms with Crippen LogP contribution in [0, 0.1) is 16.0 Å². The number of nitrogens with one attached hydrogen (secondary N) is 1. The lowest BCUT2D eigenvalue weighted by atomic mass is 10.1. The SMILES string of the molecule is O=[N+]([O-])c1c(NC[C@@H]2CCN(c3ccccc3)C2)ccc2ncccc12. The van der Waals surface area contributed by atoms with E-state index in [2.05, 4.69) is 27.3 Å². The second kappa shape index (κ2) is 7.00. The van der Waals surface area contributed by atoms with Crippen LogP contribution in [0.4, 0.5) is 17.1 Å². The molecule has 1 fully saturated rings. The van der Waals surface area contributed by atoms with Crippen LogP contribution in [0.5, 0.6) is 0 Å². The molecule has 0 unspecified atom stereocenters. The van der Waals surface area contributed by atoms with Gasteiger partial charge in [-0.3, -0.25) is 15.1 Å². The molecule has 2 heterocycles. The molecule has 0 saturated carbocycles. The van der Waals surface area contributed by atoms with E-state index in [1.54, 1.807) is 24.4 Å². The maximum absolute atomic E-state index is 11.6. The summed E-state index contributed by atoms with van der Waals surface area (Å²) in [6, 6.07) is 17.4. The first-order chi connectivity index (χ1) is 12.7. The van der Waals surface area contributed by atoms with E-state index in [1.807, 2.05) is 24.3 Å². The third-order valence-corrected chi connectivity index (χ3v) is 4.93. The van der Waals surface area contributed by atoms with Crippen molar-refractivity contribution in [3.8, 4) is 0 Å². The van der Waals surface area contributed by atoms with Crippen LogP contribution in [0.25, 0.3) is 10.9 Å². The van der Waals surface area contributed by atoms with E-state index in [4.69, 9.17) is 0 Å². The van der Waals surface area contributed by atoms with Crippen LogP contribution in [-0.2, 0) is 0 Å². The molecule has 0 amide bonds. The number of aromatic nitrogens is 1. The Labute approximate surface area is 151 Å². The van der Waals surface area contributed by atoms with E-state index in [0.717, 1.165) is 26.1 Å². The molecule has 4 rings (SSSR count). The molecule has 6 heteroatoms. The van der Waals surface area contributed by atoms with Crippen LogP contribution in [0.1, 0.15) is 6.42 Å². The van der Waals surface area contributed by atoms with Crippen LogP contribution >= 0.6 is 0 Å². The van der Waals surface area contributed by atoms with Crippen molar-refractivity contribution in [3.05, 3.63) is 70.9 Å². The van der Waals surface area contributed by atoms with Crippen molar-refractivity contribution < 1.29 is 4.92 Å². The predicted molar refractivity (Wildman–Crippen MR) is 104 cm³/mol. The Hall–Kier alpha value is -3.15. The summed E-state index contributed by atoms with van der Waals surface area (Å²) >= 11 is 0. The molecule has 6 nitrogen and oxygen atoms in total. The minimum absolute atomic E-state index is 0.105. The average molecular weight is 348 g/mol. The summed E-state index contributed by atoms with van der Waals surface area (Å²) < 4.78 is 0. The molecule has 132 valence electrons. The Kier molecular flexibility index (Phi) is 4.39. The number of hydrogen-bond donors (Lipinski definition) is 1. The Morgan fingerprint density at radius 2 is 2.00 bits per heavy atom. The maximum Gasteiger partial charge on any atom is 0.301 e. The first kappa shape index (κ1) is 16.3. The van der Waals surface area contributed by atoms with Gasteiger partial charge in [0.05, 0.1) is 15.8 Å². The van der Waals surface area contributed by atoms with E-state index < -0.39 is 0 Å². The number of nitrogens with zero attached hydrogens (tertiary/aromatic N) is 3. The number of nitro groups is 1. The van der Waals surface area contributed by atoms with Crippen molar-refractivity contribution >= 4 is 28.0 Å². The lowest BCUT2D eigenvalue weighted by Crippen LogP contribution is -2.22. The third kappa shape index (κ3) is 3.18. The molecular formula is C20H20N4O2. The standard InChI is InChI=1S/C20H20N4O2/c25-24(26)20-17-7-4-11-21-18(17)8-9-19(20)22-13-15-10-12-23(14-15)16-5-2-1-3-6-16/h1-9,11,15,22H,10,12-14H2/t15-/m0/s1. The summed E-state index contributed by atoms with van der Waals surface area (Å²) in [7, 11) is 0. The zero-order chi connectivity index (χ0) is 17.9. The summed E-state index contributed by atoms with van der Waals surface area (Å²) in [4.78, 5) is 17.9. The quantitative estimate of drug-likeness (QED) is 0.556. The molecule has 0 bridgehead atoms. The van der Waals surface area contributed by atoms with E-state index in [0.29, 0.717) is 22.5 Å². The summed E-state index contributed by atoms with van der Waals surface area (Å²) in [6.07, 6.45) is 2.72. The molecule has 1 aliphatic rings. The van der Waals surface area contributed by atoms with Crippen molar-refractivity contribution in [1.82, 2.24) is 4.98 Å². The van der Waals surface area contributed by atoms with Gasteiger partial charge >= 0.3 is 5.69 Å². The van der Waals surface area contributed by atoms with Gasteiger partial charge in [-0.2, -0.15) is 0 Å². The molecule has 0 spiro atoms. The molecule has 0 aliphatic carbocycles. The molecule has 26 heavy (non-hydrogen) atoms. The van der Waals surface area contributed by atoms with Gasteiger partial charge in [0.25, 0.3) is 0 Å². The van der Waals surface area contributed by atoms with Gasteiger partial charge in [0.1, 0.15) is 5.69 Å². The van der Waals surface area contributed by atoms with E-state index in [9.17, 15) is 10.1 Å². The monoisotopic (exact) mass is 348 g/mol. The smallest absolute Gasteiger partial charge is 0.301 e. The highest BCUT2D eigenvalue weighted by molar-refractivity contribution is 5.94. The van der Waals surface area contributed by atoms with Gasteiger partial charge in [0.2, 0.25) is 0 Å². The van der Waals surface area contributed by atoms with Crippen LogP contribution in [-0.4, -0.2) is 29.5 Å². The molecule has 0 radical (unpaired) electrons. The third-order valence-electron chi connectivity index (χ3n) is 4.93. The molecule has 3 aromatic rings. The molecule has 2 aromatic carbocycles. The van der Waals surface area contributed by atoms with Gasteiger partial charge in [0.15, 0.2) is 0 Å². The highest BCUT2D eigenvalue weighted by Gasteiger charge is 2.24. The zero-order valence-corrected chi connectivity index (χ0v) is 14.3. The molecule has 1 aromatic heterocycles. The summed E-state index contributed by atoms with van der Waals surface area (Å²) in [5.41, 5.74) is 2.54. The number of fused-ring (bicyclic) bond motifs is 1. The topological polar surface area (TPSA) is 71.3 Å². The van der Waals surface area contributed by atoms with Crippen molar-refractivity contribution in [1.29, 1.82) is 0 Å². The highest BCUT2D eigenvalue weighted by Crippen LogP contribution is 2.33. The fourth-order valence-corrected chi connectivity index (χ4v) is 3.60. The van der Waals surface area contributed by atoms with Gasteiger partial charge < -0.3 is 10.2 Å². The predicted octanol–water partition coefficient (Wildman–Crippen LogP) is 4.08. The van der Waals surface area contributed by atoms with Gasteiger partial charge in [-0.25, -0.2) is 0 Å². The molecule has 1 N–H and O–H groups in total. The molecule has 1 saturated heterocycles. The lowest BCUT2D eigenvalue weighted by Gasteiger charge is -2.19. The molecule has 1 aliphatic heterocycles. The van der Waals surface area contributed by atoms with Gasteiger partial charge in [-0.05, 0) is 48.7 Å². The number of anilines is 2. The summed E-state index contributed by atoms with van der Waals surface area (Å²) in [5.74, 6) is 0.458. The van der Waals surface area contributed by atoms with Crippen LogP contribution < -0.4 is 10.2 Å². The highest BCUT2D eigenvalue weighted by atomic mass is 16.6. The van der Waals surface area contributed by atoms with Gasteiger partial charge in [-0.1, -0.05) is 18.2 Å². The van der Waals surface area contributed by atoms with Crippen molar-refractivity contribution in [2.24, 2.45) is 5.92 Å². The first-order valence-corrected chi connectivity index (χ1v) is 8.78. The largest absolute Gasteiger partial charge is 0.379 e. The lowest BCUT2D eigenvalue weighted by molar-refractivity contribution is -0.382. The minimum atomic E-state index is -0.322. The van der Waals surface area contributed by atoms with E-state index >= 15 is 0 Å². The second-order valence-electron chi connectivity index (χ2n) is 6.61. The minimum Gasteiger partial charge on any atom is -0.379 e. The second-order valence-corrected chi connectivity index (χ2v) is 6.61. The number of pyridine rings is 1. The zero-order valence-electron chi connectivity index (χ0n) is 14.3. The number of hydrogen-bond acceptors (Lipinski definition) is 5. The molecular weight excluding hydrogens is 328 g/mol. The maximum atomic E-state index is 11.6. The summed E-state index contributed by atoms with van der Waals surface area (Å²) in [6.45, 7) is 2.69. The van der Waals surface area contributed by atoms with Gasteiger partial charge in [0, 0.05) is 31.5 Å². The van der Waals surface area contributed by atoms with E-state index in [1.165, 1.54) is 5.69 Å². The van der Waals surface area contributed by atoms with Crippen LogP contribution in [0.3, 0.4) is 0 Å². The Morgan fingerprint density at radius 3 is 2.81 bits per heavy atom. The van der Waals surface area contributed by atoms with Gasteiger partial charge in [-0.15, -0.1) is 0 Å². The first-order valence-electron chi connectivity index (χ1n) is 8.78. The van der Waals surface area contributed by atoms with Crippen molar-refractivity contribution in [3.63, 3.8) is 0 Å². The van der Waals surface area contributed by atoms with Crippen LogP contribution in [0.2, 0.25) is 0 Å². The van der Waals surface area contributed by atoms with Crippen molar-refractivity contribution in [2.45, 2.75) is 6.42 Å². The van der Waals surface area contributed by atoms with E-state index in [-0.39, 0.29) is 10.6 Å².